The van der Waals surface area contributed by atoms with Crippen molar-refractivity contribution in [1.82, 2.24) is 15.1 Å². The predicted octanol–water partition coefficient (Wildman–Crippen LogP) is 3.88. The van der Waals surface area contributed by atoms with Crippen LogP contribution in [-0.4, -0.2) is 22.4 Å². The predicted molar refractivity (Wildman–Crippen MR) is 90.0 cm³/mol. The number of hydrogen-bond donors (Lipinski definition) is 1. The lowest BCUT2D eigenvalue weighted by molar-refractivity contribution is 0.464. The van der Waals surface area contributed by atoms with Crippen molar-refractivity contribution in [3.8, 4) is 11.3 Å². The Hall–Kier alpha value is -1.68. The first-order valence-corrected chi connectivity index (χ1v) is 8.82. The molecule has 4 rings (SSSR count). The van der Waals surface area contributed by atoms with Crippen LogP contribution in [0.25, 0.3) is 11.3 Å². The molecule has 122 valence electrons. The fourth-order valence-electron chi connectivity index (χ4n) is 4.07. The minimum atomic E-state index is -0.179. The summed E-state index contributed by atoms with van der Waals surface area (Å²) in [5.41, 5.74) is 4.91. The molecule has 0 bridgehead atoms. The second-order valence-electron chi connectivity index (χ2n) is 6.97. The third kappa shape index (κ3) is 2.80. The highest BCUT2D eigenvalue weighted by Crippen LogP contribution is 2.37. The molecule has 1 saturated carbocycles. The molecular formula is C19H24FN3. The van der Waals surface area contributed by atoms with Gasteiger partial charge in [-0.2, -0.15) is 5.10 Å². The van der Waals surface area contributed by atoms with Crippen molar-refractivity contribution in [2.45, 2.75) is 57.5 Å². The molecule has 1 atom stereocenters. The molecule has 1 fully saturated rings. The summed E-state index contributed by atoms with van der Waals surface area (Å²) in [4.78, 5) is 0. The lowest BCUT2D eigenvalue weighted by atomic mass is 9.99. The molecule has 2 aliphatic rings. The summed E-state index contributed by atoms with van der Waals surface area (Å²) < 4.78 is 15.6. The van der Waals surface area contributed by atoms with E-state index in [9.17, 15) is 4.39 Å². The maximum absolute atomic E-state index is 13.4. The van der Waals surface area contributed by atoms with Crippen molar-refractivity contribution in [2.24, 2.45) is 0 Å². The van der Waals surface area contributed by atoms with E-state index < -0.39 is 0 Å². The van der Waals surface area contributed by atoms with Gasteiger partial charge in [0.2, 0.25) is 0 Å². The Morgan fingerprint density at radius 1 is 1.17 bits per heavy atom. The van der Waals surface area contributed by atoms with Gasteiger partial charge in [-0.05, 0) is 50.5 Å². The molecule has 1 aliphatic heterocycles. The summed E-state index contributed by atoms with van der Waals surface area (Å²) in [6.45, 7) is 3.22. The molecule has 2 aromatic rings. The molecule has 2 heterocycles. The monoisotopic (exact) mass is 313 g/mol. The molecule has 23 heavy (non-hydrogen) atoms. The summed E-state index contributed by atoms with van der Waals surface area (Å²) in [7, 11) is 0. The van der Waals surface area contributed by atoms with E-state index in [0.29, 0.717) is 12.1 Å². The number of aromatic nitrogens is 2. The topological polar surface area (TPSA) is 29.9 Å². The molecule has 1 aromatic heterocycles. The zero-order chi connectivity index (χ0) is 15.8. The number of benzene rings is 1. The normalized spacial score (nSPS) is 22.1. The van der Waals surface area contributed by atoms with Crippen molar-refractivity contribution >= 4 is 0 Å². The van der Waals surface area contributed by atoms with Crippen LogP contribution in [0, 0.1) is 5.82 Å². The number of nitrogens with zero attached hydrogens (tertiary/aromatic N) is 2. The van der Waals surface area contributed by atoms with Gasteiger partial charge >= 0.3 is 0 Å². The molecule has 4 heteroatoms. The zero-order valence-corrected chi connectivity index (χ0v) is 13.7. The van der Waals surface area contributed by atoms with Gasteiger partial charge in [-0.15, -0.1) is 0 Å². The second kappa shape index (κ2) is 6.08. The highest BCUT2D eigenvalue weighted by molar-refractivity contribution is 5.65. The van der Waals surface area contributed by atoms with Crippen LogP contribution >= 0.6 is 0 Å². The Labute approximate surface area is 136 Å². The van der Waals surface area contributed by atoms with Gasteiger partial charge in [-0.1, -0.05) is 12.8 Å². The van der Waals surface area contributed by atoms with Gasteiger partial charge in [0.05, 0.1) is 17.4 Å². The first-order chi connectivity index (χ1) is 11.2. The van der Waals surface area contributed by atoms with Crippen LogP contribution in [0.15, 0.2) is 24.3 Å². The number of halogens is 1. The van der Waals surface area contributed by atoms with Crippen LogP contribution in [-0.2, 0) is 12.8 Å². The summed E-state index contributed by atoms with van der Waals surface area (Å²) in [6.07, 6.45) is 6.97. The largest absolute Gasteiger partial charge is 0.314 e. The first kappa shape index (κ1) is 14.9. The van der Waals surface area contributed by atoms with Crippen LogP contribution < -0.4 is 5.32 Å². The van der Waals surface area contributed by atoms with Crippen LogP contribution in [0.3, 0.4) is 0 Å². The van der Waals surface area contributed by atoms with Gasteiger partial charge in [-0.3, -0.25) is 4.68 Å². The average molecular weight is 313 g/mol. The Bertz CT molecular complexity index is 683. The maximum Gasteiger partial charge on any atom is 0.123 e. The van der Waals surface area contributed by atoms with Crippen molar-refractivity contribution in [2.75, 3.05) is 6.54 Å². The molecule has 0 amide bonds. The van der Waals surface area contributed by atoms with Gasteiger partial charge in [0.25, 0.3) is 0 Å². The van der Waals surface area contributed by atoms with Crippen molar-refractivity contribution in [3.05, 3.63) is 41.3 Å². The minimum Gasteiger partial charge on any atom is -0.314 e. The number of hydrogen-bond acceptors (Lipinski definition) is 2. The molecule has 1 aliphatic carbocycles. The van der Waals surface area contributed by atoms with E-state index in [4.69, 9.17) is 5.10 Å². The summed E-state index contributed by atoms with van der Waals surface area (Å²) in [6, 6.07) is 7.89. The van der Waals surface area contributed by atoms with Crippen LogP contribution in [0.2, 0.25) is 0 Å². The van der Waals surface area contributed by atoms with E-state index in [2.05, 4.69) is 16.9 Å². The number of rotatable bonds is 2. The molecular weight excluding hydrogens is 289 g/mol. The van der Waals surface area contributed by atoms with Crippen molar-refractivity contribution in [3.63, 3.8) is 0 Å². The Kier molecular flexibility index (Phi) is 3.93. The Balaban J connectivity index is 1.85. The van der Waals surface area contributed by atoms with Crippen molar-refractivity contribution < 1.29 is 4.39 Å². The maximum atomic E-state index is 13.4. The third-order valence-electron chi connectivity index (χ3n) is 5.24. The Morgan fingerprint density at radius 3 is 2.65 bits per heavy atom. The molecule has 0 saturated heterocycles. The van der Waals surface area contributed by atoms with E-state index >= 15 is 0 Å². The highest BCUT2D eigenvalue weighted by Gasteiger charge is 2.27. The fourth-order valence-corrected chi connectivity index (χ4v) is 4.07. The molecule has 3 nitrogen and oxygen atoms in total. The molecule has 0 radical (unpaired) electrons. The summed E-state index contributed by atoms with van der Waals surface area (Å²) in [5.74, 6) is -0.179. The van der Waals surface area contributed by atoms with Gasteiger partial charge in [0.15, 0.2) is 0 Å². The average Bonchev–Trinajstić information content (AvgIpc) is 3.14. The second-order valence-corrected chi connectivity index (χ2v) is 6.97. The molecule has 1 unspecified atom stereocenters. The zero-order valence-electron chi connectivity index (χ0n) is 13.7. The SMILES string of the molecule is CC1Cc2c(nn(C3CCCC3)c2-c2ccc(F)cc2)CCN1. The molecule has 1 aromatic carbocycles. The first-order valence-electron chi connectivity index (χ1n) is 8.82. The minimum absolute atomic E-state index is 0.179. The van der Waals surface area contributed by atoms with Gasteiger partial charge < -0.3 is 5.32 Å². The van der Waals surface area contributed by atoms with Gasteiger partial charge in [0, 0.05) is 30.1 Å². The van der Waals surface area contributed by atoms with Crippen molar-refractivity contribution in [1.29, 1.82) is 0 Å². The fraction of sp³-hybridized carbons (Fsp3) is 0.526. The van der Waals surface area contributed by atoms with Gasteiger partial charge in [0.1, 0.15) is 5.82 Å². The molecule has 0 spiro atoms. The van der Waals surface area contributed by atoms with E-state index in [1.165, 1.54) is 42.6 Å². The van der Waals surface area contributed by atoms with E-state index in [-0.39, 0.29) is 5.82 Å². The standard InChI is InChI=1S/C19H24FN3/c1-13-12-17-18(10-11-21-13)22-23(16-4-2-3-5-16)19(17)14-6-8-15(20)9-7-14/h6-9,13,16,21H,2-5,10-12H2,1H3. The quantitative estimate of drug-likeness (QED) is 0.912. The summed E-state index contributed by atoms with van der Waals surface area (Å²) in [5, 5.41) is 8.55. The third-order valence-corrected chi connectivity index (χ3v) is 5.24. The van der Waals surface area contributed by atoms with E-state index in [0.717, 1.165) is 24.9 Å². The smallest absolute Gasteiger partial charge is 0.123 e. The summed E-state index contributed by atoms with van der Waals surface area (Å²) >= 11 is 0. The van der Waals surface area contributed by atoms with Crippen LogP contribution in [0.1, 0.15) is 49.9 Å². The van der Waals surface area contributed by atoms with E-state index in [1.54, 1.807) is 12.1 Å². The van der Waals surface area contributed by atoms with E-state index in [1.807, 2.05) is 12.1 Å². The lowest BCUT2D eigenvalue weighted by Gasteiger charge is -2.17. The van der Waals surface area contributed by atoms with Gasteiger partial charge in [-0.25, -0.2) is 4.39 Å². The van der Waals surface area contributed by atoms with Crippen LogP contribution in [0.5, 0.6) is 0 Å². The number of nitrogens with one attached hydrogen (secondary N) is 1. The molecule has 1 N–H and O–H groups in total. The lowest BCUT2D eigenvalue weighted by Crippen LogP contribution is -2.27. The Morgan fingerprint density at radius 2 is 1.91 bits per heavy atom. The van der Waals surface area contributed by atoms with Crippen LogP contribution in [0.4, 0.5) is 4.39 Å². The number of fused-ring (bicyclic) bond motifs is 1. The highest BCUT2D eigenvalue weighted by atomic mass is 19.1.